The fourth-order valence-electron chi connectivity index (χ4n) is 4.92. The van der Waals surface area contributed by atoms with Gasteiger partial charge in [-0.3, -0.25) is 0 Å². The summed E-state index contributed by atoms with van der Waals surface area (Å²) in [7, 11) is 0. The van der Waals surface area contributed by atoms with Gasteiger partial charge in [-0.2, -0.15) is 0 Å². The van der Waals surface area contributed by atoms with Gasteiger partial charge in [-0.25, -0.2) is 9.78 Å². The molecule has 4 rings (SSSR count). The second-order valence-electron chi connectivity index (χ2n) is 7.90. The third kappa shape index (κ3) is 1.79. The van der Waals surface area contributed by atoms with Gasteiger partial charge in [0, 0.05) is 23.8 Å². The maximum atomic E-state index is 11.6. The standard InChI is InChI=1S/C18H23N3O2/c1-17(2)10-4-6-18(17,3)13(8-10)21-14-11-5-7-19-15(11)20-9-12(14)16(22)23/h5,7,9-10,13H,4,6,8H2,1-3H3,(H,22,23)(H2,19,20,21)/t10-,13-,18-/m0/s1. The van der Waals surface area contributed by atoms with E-state index in [2.05, 4.69) is 36.1 Å². The highest BCUT2D eigenvalue weighted by Crippen LogP contribution is 2.66. The summed E-state index contributed by atoms with van der Waals surface area (Å²) in [5, 5.41) is 14.0. The van der Waals surface area contributed by atoms with Crippen LogP contribution < -0.4 is 5.32 Å². The number of rotatable bonds is 3. The number of pyridine rings is 1. The average Bonchev–Trinajstić information content (AvgIpc) is 3.10. The van der Waals surface area contributed by atoms with Crippen LogP contribution in [0.5, 0.6) is 0 Å². The van der Waals surface area contributed by atoms with Gasteiger partial charge in [0.2, 0.25) is 0 Å². The van der Waals surface area contributed by atoms with Crippen molar-refractivity contribution in [3.63, 3.8) is 0 Å². The van der Waals surface area contributed by atoms with E-state index in [0.717, 1.165) is 17.5 Å². The van der Waals surface area contributed by atoms with Crippen LogP contribution in [0, 0.1) is 16.7 Å². The van der Waals surface area contributed by atoms with Crippen LogP contribution in [-0.4, -0.2) is 27.1 Å². The maximum Gasteiger partial charge on any atom is 0.339 e. The number of hydrogen-bond donors (Lipinski definition) is 3. The third-order valence-electron chi connectivity index (χ3n) is 6.93. The molecule has 2 aromatic heterocycles. The molecule has 3 atom stereocenters. The van der Waals surface area contributed by atoms with Gasteiger partial charge in [-0.05, 0) is 42.1 Å². The number of nitrogens with one attached hydrogen (secondary N) is 2. The highest BCUT2D eigenvalue weighted by Gasteiger charge is 2.61. The lowest BCUT2D eigenvalue weighted by Crippen LogP contribution is -2.40. The summed E-state index contributed by atoms with van der Waals surface area (Å²) in [5.41, 5.74) is 2.17. The lowest BCUT2D eigenvalue weighted by Gasteiger charge is -2.40. The van der Waals surface area contributed by atoms with Crippen molar-refractivity contribution in [3.8, 4) is 0 Å². The summed E-state index contributed by atoms with van der Waals surface area (Å²) < 4.78 is 0. The number of carboxylic acids is 1. The highest BCUT2D eigenvalue weighted by atomic mass is 16.4. The Bertz CT molecular complexity index is 795. The van der Waals surface area contributed by atoms with Crippen LogP contribution in [0.15, 0.2) is 18.5 Å². The SMILES string of the molecule is CC1(C)[C@H]2CC[C@@]1(C)[C@@H](Nc1c(C(=O)O)cnc3[nH]ccc13)C2. The van der Waals surface area contributed by atoms with E-state index in [0.29, 0.717) is 23.1 Å². The van der Waals surface area contributed by atoms with E-state index in [1.807, 2.05) is 6.07 Å². The summed E-state index contributed by atoms with van der Waals surface area (Å²) in [4.78, 5) is 18.9. The first-order valence-corrected chi connectivity index (χ1v) is 8.30. The smallest absolute Gasteiger partial charge is 0.339 e. The first-order valence-electron chi connectivity index (χ1n) is 8.30. The number of aromatic amines is 1. The number of hydrogen-bond acceptors (Lipinski definition) is 3. The van der Waals surface area contributed by atoms with Gasteiger partial charge in [-0.15, -0.1) is 0 Å². The molecule has 2 saturated carbocycles. The van der Waals surface area contributed by atoms with E-state index in [1.165, 1.54) is 19.0 Å². The summed E-state index contributed by atoms with van der Waals surface area (Å²) >= 11 is 0. The van der Waals surface area contributed by atoms with Crippen molar-refractivity contribution in [2.24, 2.45) is 16.7 Å². The number of H-pyrrole nitrogens is 1. The molecule has 0 aromatic carbocycles. The normalized spacial score (nSPS) is 31.6. The van der Waals surface area contributed by atoms with Crippen molar-refractivity contribution in [2.45, 2.75) is 46.1 Å². The maximum absolute atomic E-state index is 11.6. The first kappa shape index (κ1) is 14.5. The summed E-state index contributed by atoms with van der Waals surface area (Å²) in [6.45, 7) is 7.08. The molecule has 2 aliphatic rings. The Kier molecular flexibility index (Phi) is 2.84. The summed E-state index contributed by atoms with van der Waals surface area (Å²) in [5.74, 6) is -0.225. The van der Waals surface area contributed by atoms with Crippen molar-refractivity contribution in [3.05, 3.63) is 24.0 Å². The van der Waals surface area contributed by atoms with Gasteiger partial charge >= 0.3 is 5.97 Å². The molecular formula is C18H23N3O2. The predicted molar refractivity (Wildman–Crippen MR) is 89.7 cm³/mol. The molecule has 3 N–H and O–H groups in total. The number of nitrogens with zero attached hydrogens (tertiary/aromatic N) is 1. The van der Waals surface area contributed by atoms with Crippen molar-refractivity contribution in [1.29, 1.82) is 0 Å². The number of aromatic carboxylic acids is 1. The molecule has 23 heavy (non-hydrogen) atoms. The molecule has 122 valence electrons. The molecule has 2 heterocycles. The zero-order valence-electron chi connectivity index (χ0n) is 13.8. The fraction of sp³-hybridized carbons (Fsp3) is 0.556. The molecule has 2 bridgehead atoms. The Morgan fingerprint density at radius 1 is 1.43 bits per heavy atom. The van der Waals surface area contributed by atoms with Crippen LogP contribution in [0.1, 0.15) is 50.4 Å². The minimum atomic E-state index is -0.935. The van der Waals surface area contributed by atoms with Gasteiger partial charge in [0.05, 0.1) is 5.69 Å². The lowest BCUT2D eigenvalue weighted by molar-refractivity contribution is 0.0697. The molecule has 0 aliphatic heterocycles. The van der Waals surface area contributed by atoms with Crippen molar-refractivity contribution in [1.82, 2.24) is 9.97 Å². The minimum absolute atomic E-state index is 0.194. The van der Waals surface area contributed by atoms with Gasteiger partial charge < -0.3 is 15.4 Å². The molecule has 0 radical (unpaired) electrons. The second-order valence-corrected chi connectivity index (χ2v) is 7.90. The highest BCUT2D eigenvalue weighted by molar-refractivity contribution is 6.03. The van der Waals surface area contributed by atoms with Gasteiger partial charge in [0.25, 0.3) is 0 Å². The Morgan fingerprint density at radius 3 is 2.83 bits per heavy atom. The number of anilines is 1. The molecule has 0 amide bonds. The average molecular weight is 313 g/mol. The zero-order chi connectivity index (χ0) is 16.4. The topological polar surface area (TPSA) is 78.0 Å². The van der Waals surface area contributed by atoms with E-state index in [1.54, 1.807) is 6.20 Å². The molecule has 2 fully saturated rings. The largest absolute Gasteiger partial charge is 0.478 e. The number of carbonyl (C=O) groups is 1. The van der Waals surface area contributed by atoms with E-state index < -0.39 is 5.97 Å². The van der Waals surface area contributed by atoms with E-state index in [-0.39, 0.29) is 11.0 Å². The summed E-state index contributed by atoms with van der Waals surface area (Å²) in [6.07, 6.45) is 6.84. The first-order chi connectivity index (χ1) is 10.8. The molecule has 0 spiro atoms. The Morgan fingerprint density at radius 2 is 2.22 bits per heavy atom. The number of aromatic nitrogens is 2. The van der Waals surface area contributed by atoms with Crippen LogP contribution in [0.25, 0.3) is 11.0 Å². The van der Waals surface area contributed by atoms with Crippen LogP contribution in [0.2, 0.25) is 0 Å². The van der Waals surface area contributed by atoms with Gasteiger partial charge in [0.1, 0.15) is 11.2 Å². The van der Waals surface area contributed by atoms with Crippen LogP contribution >= 0.6 is 0 Å². The molecule has 0 unspecified atom stereocenters. The van der Waals surface area contributed by atoms with Crippen molar-refractivity contribution in [2.75, 3.05) is 5.32 Å². The molecule has 2 aromatic rings. The van der Waals surface area contributed by atoms with E-state index in [4.69, 9.17) is 0 Å². The number of carboxylic acid groups (broad SMARTS) is 1. The molecular weight excluding hydrogens is 290 g/mol. The van der Waals surface area contributed by atoms with Crippen LogP contribution in [0.4, 0.5) is 5.69 Å². The summed E-state index contributed by atoms with van der Waals surface area (Å²) in [6, 6.07) is 2.20. The molecule has 5 nitrogen and oxygen atoms in total. The van der Waals surface area contributed by atoms with Crippen LogP contribution in [0.3, 0.4) is 0 Å². The van der Waals surface area contributed by atoms with E-state index >= 15 is 0 Å². The predicted octanol–water partition coefficient (Wildman–Crippen LogP) is 3.89. The second kappa shape index (κ2) is 4.49. The third-order valence-corrected chi connectivity index (χ3v) is 6.93. The van der Waals surface area contributed by atoms with Crippen LogP contribution in [-0.2, 0) is 0 Å². The molecule has 2 aliphatic carbocycles. The zero-order valence-corrected chi connectivity index (χ0v) is 13.8. The Balaban J connectivity index is 1.78. The monoisotopic (exact) mass is 313 g/mol. The Labute approximate surface area is 135 Å². The Hall–Kier alpha value is -2.04. The quantitative estimate of drug-likeness (QED) is 0.803. The minimum Gasteiger partial charge on any atom is -0.478 e. The van der Waals surface area contributed by atoms with E-state index in [9.17, 15) is 9.90 Å². The fourth-order valence-corrected chi connectivity index (χ4v) is 4.92. The van der Waals surface area contributed by atoms with Gasteiger partial charge in [0.15, 0.2) is 0 Å². The van der Waals surface area contributed by atoms with Crippen molar-refractivity contribution >= 4 is 22.7 Å². The van der Waals surface area contributed by atoms with Gasteiger partial charge in [-0.1, -0.05) is 20.8 Å². The molecule has 5 heteroatoms. The number of fused-ring (bicyclic) bond motifs is 3. The lowest BCUT2D eigenvalue weighted by atomic mass is 9.69. The molecule has 0 saturated heterocycles. The van der Waals surface area contributed by atoms with Crippen molar-refractivity contribution < 1.29 is 9.90 Å².